The largest absolute Gasteiger partial charge is 0.481 e. The van der Waals surface area contributed by atoms with E-state index >= 15 is 0 Å². The van der Waals surface area contributed by atoms with Gasteiger partial charge in [0.1, 0.15) is 11.6 Å². The molecule has 1 heterocycles. The Morgan fingerprint density at radius 2 is 2.11 bits per heavy atom. The monoisotopic (exact) mass is 253 g/mol. The number of ether oxygens (including phenoxy) is 2. The Kier molecular flexibility index (Phi) is 4.88. The number of aryl methyl sites for hydroxylation is 1. The van der Waals surface area contributed by atoms with Gasteiger partial charge in [-0.1, -0.05) is 6.92 Å². The number of rotatable bonds is 5. The van der Waals surface area contributed by atoms with Gasteiger partial charge in [-0.3, -0.25) is 4.79 Å². The van der Waals surface area contributed by atoms with Crippen molar-refractivity contribution in [2.45, 2.75) is 13.8 Å². The first-order valence-electron chi connectivity index (χ1n) is 5.66. The number of hydrogen-bond acceptors (Lipinski definition) is 6. The van der Waals surface area contributed by atoms with Crippen molar-refractivity contribution in [2.24, 2.45) is 5.92 Å². The number of methoxy groups -OCH3 is 2. The Bertz CT molecular complexity index is 423. The van der Waals surface area contributed by atoms with Gasteiger partial charge in [-0.15, -0.1) is 0 Å². The minimum absolute atomic E-state index is 0.221. The second kappa shape index (κ2) is 6.18. The van der Waals surface area contributed by atoms with Crippen LogP contribution in [-0.2, 0) is 9.53 Å². The van der Waals surface area contributed by atoms with Crippen LogP contribution in [0.1, 0.15) is 12.7 Å². The van der Waals surface area contributed by atoms with E-state index in [0.29, 0.717) is 18.2 Å². The summed E-state index contributed by atoms with van der Waals surface area (Å²) in [5, 5.41) is 0. The van der Waals surface area contributed by atoms with Crippen LogP contribution >= 0.6 is 0 Å². The first-order valence-corrected chi connectivity index (χ1v) is 5.66. The molecule has 1 rings (SSSR count). The summed E-state index contributed by atoms with van der Waals surface area (Å²) in [6, 6.07) is 1.73. The van der Waals surface area contributed by atoms with E-state index in [-0.39, 0.29) is 11.9 Å². The van der Waals surface area contributed by atoms with Gasteiger partial charge in [-0.05, 0) is 6.92 Å². The minimum atomic E-state index is -0.236. The lowest BCUT2D eigenvalue weighted by Gasteiger charge is -2.21. The fourth-order valence-corrected chi connectivity index (χ4v) is 1.61. The van der Waals surface area contributed by atoms with Crippen LogP contribution in [0.3, 0.4) is 0 Å². The van der Waals surface area contributed by atoms with Gasteiger partial charge in [0.15, 0.2) is 0 Å². The van der Waals surface area contributed by atoms with Gasteiger partial charge < -0.3 is 14.4 Å². The Hall–Kier alpha value is -1.85. The van der Waals surface area contributed by atoms with E-state index in [9.17, 15) is 4.79 Å². The van der Waals surface area contributed by atoms with E-state index in [1.54, 1.807) is 20.1 Å². The molecule has 0 aliphatic rings. The second-order valence-electron chi connectivity index (χ2n) is 4.12. The highest BCUT2D eigenvalue weighted by Crippen LogP contribution is 2.17. The summed E-state index contributed by atoms with van der Waals surface area (Å²) in [6.45, 7) is 4.13. The van der Waals surface area contributed by atoms with Crippen molar-refractivity contribution in [3.05, 3.63) is 11.9 Å². The zero-order chi connectivity index (χ0) is 13.7. The molecule has 6 nitrogen and oxygen atoms in total. The quantitative estimate of drug-likeness (QED) is 0.730. The van der Waals surface area contributed by atoms with Crippen molar-refractivity contribution >= 4 is 11.8 Å². The highest BCUT2D eigenvalue weighted by atomic mass is 16.5. The van der Waals surface area contributed by atoms with E-state index < -0.39 is 0 Å². The maximum Gasteiger partial charge on any atom is 0.310 e. The Balaban J connectivity index is 2.80. The van der Waals surface area contributed by atoms with Gasteiger partial charge >= 0.3 is 5.97 Å². The maximum absolute atomic E-state index is 11.4. The topological polar surface area (TPSA) is 64.5 Å². The third-order valence-electron chi connectivity index (χ3n) is 2.55. The lowest BCUT2D eigenvalue weighted by Crippen LogP contribution is -2.30. The molecule has 0 radical (unpaired) electrons. The van der Waals surface area contributed by atoms with Gasteiger partial charge in [-0.2, -0.15) is 4.98 Å². The van der Waals surface area contributed by atoms with Crippen LogP contribution in [0.25, 0.3) is 0 Å². The number of nitrogens with zero attached hydrogens (tertiary/aromatic N) is 3. The average Bonchev–Trinajstić information content (AvgIpc) is 2.36. The molecule has 18 heavy (non-hydrogen) atoms. The highest BCUT2D eigenvalue weighted by molar-refractivity contribution is 5.72. The van der Waals surface area contributed by atoms with E-state index in [1.807, 2.05) is 18.9 Å². The van der Waals surface area contributed by atoms with E-state index in [0.717, 1.165) is 5.82 Å². The van der Waals surface area contributed by atoms with Gasteiger partial charge in [-0.25, -0.2) is 4.98 Å². The number of esters is 1. The predicted octanol–water partition coefficient (Wildman–Crippen LogP) is 1.04. The van der Waals surface area contributed by atoms with Gasteiger partial charge in [0.2, 0.25) is 5.88 Å². The van der Waals surface area contributed by atoms with Crippen LogP contribution in [0.4, 0.5) is 5.82 Å². The van der Waals surface area contributed by atoms with Crippen LogP contribution in [0.2, 0.25) is 0 Å². The number of anilines is 1. The first-order chi connectivity index (χ1) is 8.47. The molecule has 0 N–H and O–H groups in total. The third kappa shape index (κ3) is 3.58. The van der Waals surface area contributed by atoms with Crippen LogP contribution in [0, 0.1) is 12.8 Å². The molecular weight excluding hydrogens is 234 g/mol. The predicted molar refractivity (Wildman–Crippen MR) is 67.8 cm³/mol. The smallest absolute Gasteiger partial charge is 0.310 e. The van der Waals surface area contributed by atoms with Crippen molar-refractivity contribution in [3.8, 4) is 5.88 Å². The number of hydrogen-bond donors (Lipinski definition) is 0. The number of carbonyl (C=O) groups excluding carboxylic acids is 1. The van der Waals surface area contributed by atoms with E-state index in [2.05, 4.69) is 9.97 Å². The summed E-state index contributed by atoms with van der Waals surface area (Å²) in [4.78, 5) is 21.7. The zero-order valence-corrected chi connectivity index (χ0v) is 11.4. The maximum atomic E-state index is 11.4. The van der Waals surface area contributed by atoms with Gasteiger partial charge in [0, 0.05) is 19.7 Å². The molecule has 1 unspecified atom stereocenters. The highest BCUT2D eigenvalue weighted by Gasteiger charge is 2.17. The Morgan fingerprint density at radius 1 is 1.44 bits per heavy atom. The van der Waals surface area contributed by atoms with Crippen molar-refractivity contribution in [1.82, 2.24) is 9.97 Å². The van der Waals surface area contributed by atoms with Gasteiger partial charge in [0.25, 0.3) is 0 Å². The average molecular weight is 253 g/mol. The molecule has 0 amide bonds. The molecular formula is C12H19N3O3. The fourth-order valence-electron chi connectivity index (χ4n) is 1.61. The zero-order valence-electron chi connectivity index (χ0n) is 11.4. The Morgan fingerprint density at radius 3 is 2.67 bits per heavy atom. The standard InChI is InChI=1S/C12H19N3O3/c1-8(12(16)18-5)7-15(3)10-6-11(17-4)14-9(2)13-10/h6,8H,7H2,1-5H3. The summed E-state index contributed by atoms with van der Waals surface area (Å²) in [5.41, 5.74) is 0. The van der Waals surface area contributed by atoms with Crippen LogP contribution in [0.5, 0.6) is 5.88 Å². The summed E-state index contributed by atoms with van der Waals surface area (Å²) >= 11 is 0. The summed E-state index contributed by atoms with van der Waals surface area (Å²) in [5.74, 6) is 1.40. The molecule has 0 aliphatic heterocycles. The molecule has 0 bridgehead atoms. The normalized spacial score (nSPS) is 11.8. The first kappa shape index (κ1) is 14.2. The number of carbonyl (C=O) groups is 1. The Labute approximate surface area is 107 Å². The van der Waals surface area contributed by atoms with Crippen LogP contribution < -0.4 is 9.64 Å². The molecule has 0 saturated heterocycles. The SMILES string of the molecule is COC(=O)C(C)CN(C)c1cc(OC)nc(C)n1. The van der Waals surface area contributed by atoms with Crippen molar-refractivity contribution in [1.29, 1.82) is 0 Å². The van der Waals surface area contributed by atoms with E-state index in [4.69, 9.17) is 9.47 Å². The van der Waals surface area contributed by atoms with Crippen molar-refractivity contribution < 1.29 is 14.3 Å². The summed E-state index contributed by atoms with van der Waals surface area (Å²) in [6.07, 6.45) is 0. The lowest BCUT2D eigenvalue weighted by atomic mass is 10.2. The lowest BCUT2D eigenvalue weighted by molar-refractivity contribution is -0.144. The molecule has 0 aliphatic carbocycles. The minimum Gasteiger partial charge on any atom is -0.481 e. The van der Waals surface area contributed by atoms with Crippen LogP contribution in [0.15, 0.2) is 6.07 Å². The fraction of sp³-hybridized carbons (Fsp3) is 0.583. The molecule has 0 fully saturated rings. The summed E-state index contributed by atoms with van der Waals surface area (Å²) in [7, 11) is 4.81. The molecule has 6 heteroatoms. The number of aromatic nitrogens is 2. The molecule has 1 aromatic heterocycles. The molecule has 0 spiro atoms. The second-order valence-corrected chi connectivity index (χ2v) is 4.12. The van der Waals surface area contributed by atoms with Crippen molar-refractivity contribution in [3.63, 3.8) is 0 Å². The third-order valence-corrected chi connectivity index (χ3v) is 2.55. The van der Waals surface area contributed by atoms with Crippen LogP contribution in [-0.4, -0.2) is 43.7 Å². The molecule has 0 saturated carbocycles. The molecule has 1 atom stereocenters. The molecule has 1 aromatic rings. The van der Waals surface area contributed by atoms with Gasteiger partial charge in [0.05, 0.1) is 20.1 Å². The van der Waals surface area contributed by atoms with Crippen molar-refractivity contribution in [2.75, 3.05) is 32.7 Å². The summed E-state index contributed by atoms with van der Waals surface area (Å²) < 4.78 is 9.78. The molecule has 100 valence electrons. The molecule has 0 aromatic carbocycles. The van der Waals surface area contributed by atoms with E-state index in [1.165, 1.54) is 7.11 Å².